The lowest BCUT2D eigenvalue weighted by Crippen LogP contribution is -2.38. The molecule has 1 heterocycles. The van der Waals surface area contributed by atoms with Crippen molar-refractivity contribution in [3.8, 4) is 0 Å². The van der Waals surface area contributed by atoms with E-state index in [0.717, 1.165) is 25.9 Å². The summed E-state index contributed by atoms with van der Waals surface area (Å²) in [6, 6.07) is 0. The molecule has 2 unspecified atom stereocenters. The summed E-state index contributed by atoms with van der Waals surface area (Å²) >= 11 is 0. The minimum absolute atomic E-state index is 0.0802. The Morgan fingerprint density at radius 3 is 2.81 bits per heavy atom. The van der Waals surface area contributed by atoms with E-state index in [2.05, 4.69) is 0 Å². The van der Waals surface area contributed by atoms with Crippen molar-refractivity contribution in [3.63, 3.8) is 0 Å². The molecule has 94 valence electrons. The molecule has 0 bridgehead atoms. The van der Waals surface area contributed by atoms with Crippen molar-refractivity contribution in [3.05, 3.63) is 0 Å². The van der Waals surface area contributed by atoms with Gasteiger partial charge in [0.1, 0.15) is 6.61 Å². The molecule has 1 saturated heterocycles. The van der Waals surface area contributed by atoms with Gasteiger partial charge in [-0.15, -0.1) is 0 Å². The molecule has 0 amide bonds. The summed E-state index contributed by atoms with van der Waals surface area (Å²) in [4.78, 5) is 11.8. The average molecular weight is 229 g/mol. The molecule has 0 aliphatic carbocycles. The summed E-state index contributed by atoms with van der Waals surface area (Å²) < 4.78 is 10.8. The number of carbonyl (C=O) groups is 1. The summed E-state index contributed by atoms with van der Waals surface area (Å²) in [5.41, 5.74) is 5.05. The second kappa shape index (κ2) is 6.21. The molecule has 2 N–H and O–H groups in total. The highest BCUT2D eigenvalue weighted by Gasteiger charge is 2.32. The Balaban J connectivity index is 2.33. The number of hydrogen-bond donors (Lipinski definition) is 1. The smallest absolute Gasteiger partial charge is 0.313 e. The third kappa shape index (κ3) is 3.46. The molecule has 0 aromatic rings. The van der Waals surface area contributed by atoms with Gasteiger partial charge in [0, 0.05) is 13.2 Å². The van der Waals surface area contributed by atoms with E-state index in [1.807, 2.05) is 13.8 Å². The number of rotatable bonds is 5. The van der Waals surface area contributed by atoms with Crippen LogP contribution < -0.4 is 5.73 Å². The minimum atomic E-state index is -0.547. The highest BCUT2D eigenvalue weighted by atomic mass is 16.6. The van der Waals surface area contributed by atoms with E-state index >= 15 is 0 Å². The molecule has 16 heavy (non-hydrogen) atoms. The van der Waals surface area contributed by atoms with Crippen LogP contribution in [0.2, 0.25) is 0 Å². The first-order chi connectivity index (χ1) is 7.62. The lowest BCUT2D eigenvalue weighted by Gasteiger charge is -2.27. The second-order valence-electron chi connectivity index (χ2n) is 4.71. The van der Waals surface area contributed by atoms with Gasteiger partial charge in [0.25, 0.3) is 0 Å². The van der Waals surface area contributed by atoms with E-state index in [4.69, 9.17) is 15.2 Å². The molecule has 0 spiro atoms. The van der Waals surface area contributed by atoms with Crippen molar-refractivity contribution in [2.75, 3.05) is 19.8 Å². The maximum Gasteiger partial charge on any atom is 0.313 e. The molecule has 1 aliphatic heterocycles. The van der Waals surface area contributed by atoms with E-state index in [0.29, 0.717) is 19.6 Å². The van der Waals surface area contributed by atoms with Crippen LogP contribution in [-0.4, -0.2) is 31.8 Å². The fourth-order valence-corrected chi connectivity index (χ4v) is 1.65. The van der Waals surface area contributed by atoms with Crippen molar-refractivity contribution in [1.82, 2.24) is 0 Å². The summed E-state index contributed by atoms with van der Waals surface area (Å²) in [6.45, 7) is 5.27. The maximum absolute atomic E-state index is 11.8. The minimum Gasteiger partial charge on any atom is -0.462 e. The predicted molar refractivity (Wildman–Crippen MR) is 62.0 cm³/mol. The average Bonchev–Trinajstić information content (AvgIpc) is 2.36. The van der Waals surface area contributed by atoms with Gasteiger partial charge in [-0.1, -0.05) is 6.92 Å². The van der Waals surface area contributed by atoms with Crippen molar-refractivity contribution >= 4 is 5.97 Å². The van der Waals surface area contributed by atoms with Crippen molar-refractivity contribution in [2.45, 2.75) is 45.6 Å². The molecule has 0 radical (unpaired) electrons. The number of ether oxygens (including phenoxy) is 2. The van der Waals surface area contributed by atoms with Crippen LogP contribution in [0.15, 0.2) is 0 Å². The highest BCUT2D eigenvalue weighted by Crippen LogP contribution is 2.22. The van der Waals surface area contributed by atoms with Gasteiger partial charge in [0.05, 0.1) is 11.5 Å². The maximum atomic E-state index is 11.8. The molecule has 2 atom stereocenters. The molecule has 0 saturated carbocycles. The van der Waals surface area contributed by atoms with Gasteiger partial charge >= 0.3 is 5.97 Å². The Morgan fingerprint density at radius 1 is 1.56 bits per heavy atom. The largest absolute Gasteiger partial charge is 0.462 e. The first-order valence-corrected chi connectivity index (χ1v) is 6.11. The lowest BCUT2D eigenvalue weighted by atomic mass is 9.88. The van der Waals surface area contributed by atoms with Crippen molar-refractivity contribution in [1.29, 1.82) is 0 Å². The molecular formula is C12H23NO3. The number of carbonyl (C=O) groups excluding carboxylic acids is 1. The SMILES string of the molecule is CCC(C)(CN)C(=O)OCC1CCCCO1. The second-order valence-corrected chi connectivity index (χ2v) is 4.71. The molecule has 4 heteroatoms. The zero-order valence-corrected chi connectivity index (χ0v) is 10.3. The van der Waals surface area contributed by atoms with Gasteiger partial charge in [0.2, 0.25) is 0 Å². The molecule has 1 aliphatic rings. The van der Waals surface area contributed by atoms with Gasteiger partial charge in [-0.2, -0.15) is 0 Å². The molecule has 0 aromatic carbocycles. The Kier molecular flexibility index (Phi) is 5.22. The van der Waals surface area contributed by atoms with Crippen molar-refractivity contribution in [2.24, 2.45) is 11.1 Å². The van der Waals surface area contributed by atoms with Gasteiger partial charge in [-0.3, -0.25) is 4.79 Å². The summed E-state index contributed by atoms with van der Waals surface area (Å²) in [7, 11) is 0. The van der Waals surface area contributed by atoms with E-state index < -0.39 is 5.41 Å². The van der Waals surface area contributed by atoms with Crippen LogP contribution in [-0.2, 0) is 14.3 Å². The van der Waals surface area contributed by atoms with E-state index in [-0.39, 0.29) is 12.1 Å². The zero-order valence-electron chi connectivity index (χ0n) is 10.3. The van der Waals surface area contributed by atoms with Crippen molar-refractivity contribution < 1.29 is 14.3 Å². The summed E-state index contributed by atoms with van der Waals surface area (Å²) in [6.07, 6.45) is 4.04. The van der Waals surface area contributed by atoms with E-state index in [1.54, 1.807) is 0 Å². The third-order valence-corrected chi connectivity index (χ3v) is 3.40. The molecule has 1 rings (SSSR count). The fraction of sp³-hybridized carbons (Fsp3) is 0.917. The summed E-state index contributed by atoms with van der Waals surface area (Å²) in [5, 5.41) is 0. The van der Waals surface area contributed by atoms with Crippen LogP contribution in [0.1, 0.15) is 39.5 Å². The molecular weight excluding hydrogens is 206 g/mol. The van der Waals surface area contributed by atoms with Crippen LogP contribution in [0.4, 0.5) is 0 Å². The van der Waals surface area contributed by atoms with Crippen LogP contribution in [0.5, 0.6) is 0 Å². The Labute approximate surface area is 97.5 Å². The first-order valence-electron chi connectivity index (χ1n) is 6.11. The molecule has 1 fully saturated rings. The normalized spacial score (nSPS) is 24.8. The van der Waals surface area contributed by atoms with Gasteiger partial charge in [0.15, 0.2) is 0 Å². The van der Waals surface area contributed by atoms with E-state index in [9.17, 15) is 4.79 Å². The van der Waals surface area contributed by atoms with Gasteiger partial charge < -0.3 is 15.2 Å². The molecule has 4 nitrogen and oxygen atoms in total. The lowest BCUT2D eigenvalue weighted by molar-refractivity contribution is -0.159. The fourth-order valence-electron chi connectivity index (χ4n) is 1.65. The van der Waals surface area contributed by atoms with Gasteiger partial charge in [-0.05, 0) is 32.6 Å². The topological polar surface area (TPSA) is 61.6 Å². The quantitative estimate of drug-likeness (QED) is 0.725. The Bertz CT molecular complexity index is 220. The monoisotopic (exact) mass is 229 g/mol. The molecule has 0 aromatic heterocycles. The number of esters is 1. The Morgan fingerprint density at radius 2 is 2.31 bits per heavy atom. The standard InChI is InChI=1S/C12H23NO3/c1-3-12(2,9-13)11(14)16-8-10-6-4-5-7-15-10/h10H,3-9,13H2,1-2H3. The predicted octanol–water partition coefficient (Wildman–Crippen LogP) is 1.47. The summed E-state index contributed by atoms with van der Waals surface area (Å²) in [5.74, 6) is -0.202. The number of nitrogens with two attached hydrogens (primary N) is 1. The van der Waals surface area contributed by atoms with E-state index in [1.165, 1.54) is 0 Å². The van der Waals surface area contributed by atoms with Crippen LogP contribution in [0, 0.1) is 5.41 Å². The van der Waals surface area contributed by atoms with Crippen LogP contribution in [0.25, 0.3) is 0 Å². The zero-order chi connectivity index (χ0) is 12.0. The first kappa shape index (κ1) is 13.5. The third-order valence-electron chi connectivity index (χ3n) is 3.40. The van der Waals surface area contributed by atoms with Gasteiger partial charge in [-0.25, -0.2) is 0 Å². The number of hydrogen-bond acceptors (Lipinski definition) is 4. The Hall–Kier alpha value is -0.610. The highest BCUT2D eigenvalue weighted by molar-refractivity contribution is 5.76. The van der Waals surface area contributed by atoms with Crippen LogP contribution in [0.3, 0.4) is 0 Å². The van der Waals surface area contributed by atoms with Crippen LogP contribution >= 0.6 is 0 Å².